The number of rotatable bonds is 7. The molecule has 0 amide bonds. The van der Waals surface area contributed by atoms with Crippen molar-refractivity contribution < 1.29 is 4.74 Å². The highest BCUT2D eigenvalue weighted by molar-refractivity contribution is 4.90. The van der Waals surface area contributed by atoms with E-state index in [9.17, 15) is 0 Å². The topological polar surface area (TPSA) is 27.7 Å². The third-order valence-corrected chi connectivity index (χ3v) is 2.85. The van der Waals surface area contributed by atoms with E-state index in [-0.39, 0.29) is 5.60 Å². The van der Waals surface area contributed by atoms with Crippen LogP contribution in [0.2, 0.25) is 0 Å². The number of likely N-dealkylation sites (N-methyl/N-ethyl adjacent to an activating group) is 2. The molecular formula is C11H25N3O. The lowest BCUT2D eigenvalue weighted by molar-refractivity contribution is -0.0710. The summed E-state index contributed by atoms with van der Waals surface area (Å²) in [6, 6.07) is 0. The van der Waals surface area contributed by atoms with Crippen molar-refractivity contribution in [2.75, 3.05) is 60.5 Å². The minimum absolute atomic E-state index is 0.0996. The van der Waals surface area contributed by atoms with Crippen LogP contribution in [0.1, 0.15) is 6.92 Å². The molecule has 4 nitrogen and oxygen atoms in total. The first-order valence-electron chi connectivity index (χ1n) is 5.70. The van der Waals surface area contributed by atoms with Crippen LogP contribution in [0.4, 0.5) is 0 Å². The SMILES string of the molecule is CN(C)CCN(C)CCOC1(C)CNC1. The summed E-state index contributed by atoms with van der Waals surface area (Å²) in [5.74, 6) is 0. The third-order valence-electron chi connectivity index (χ3n) is 2.85. The number of nitrogens with one attached hydrogen (secondary N) is 1. The van der Waals surface area contributed by atoms with Gasteiger partial charge in [-0.2, -0.15) is 0 Å². The quantitative estimate of drug-likeness (QED) is 0.640. The Bertz CT molecular complexity index is 181. The van der Waals surface area contributed by atoms with Crippen LogP contribution in [0.15, 0.2) is 0 Å². The molecular weight excluding hydrogens is 190 g/mol. The highest BCUT2D eigenvalue weighted by Gasteiger charge is 2.32. The maximum absolute atomic E-state index is 5.83. The van der Waals surface area contributed by atoms with Gasteiger partial charge in [-0.15, -0.1) is 0 Å². The third kappa shape index (κ3) is 4.93. The molecule has 0 aliphatic carbocycles. The van der Waals surface area contributed by atoms with Gasteiger partial charge in [0.1, 0.15) is 0 Å². The minimum Gasteiger partial charge on any atom is -0.371 e. The lowest BCUT2D eigenvalue weighted by Crippen LogP contribution is -2.59. The van der Waals surface area contributed by atoms with Crippen LogP contribution in [-0.4, -0.2) is 75.9 Å². The summed E-state index contributed by atoms with van der Waals surface area (Å²) in [4.78, 5) is 4.52. The van der Waals surface area contributed by atoms with Crippen molar-refractivity contribution in [1.29, 1.82) is 0 Å². The zero-order valence-corrected chi connectivity index (χ0v) is 10.5. The van der Waals surface area contributed by atoms with Gasteiger partial charge in [0.05, 0.1) is 12.2 Å². The summed E-state index contributed by atoms with van der Waals surface area (Å²) in [6.45, 7) is 8.22. The standard InChI is InChI=1S/C11H25N3O/c1-11(9-12-10-11)15-8-7-14(4)6-5-13(2)3/h12H,5-10H2,1-4H3. The first-order chi connectivity index (χ1) is 7.02. The van der Waals surface area contributed by atoms with Crippen LogP contribution in [-0.2, 0) is 4.74 Å². The van der Waals surface area contributed by atoms with E-state index < -0.39 is 0 Å². The summed E-state index contributed by atoms with van der Waals surface area (Å²) in [5.41, 5.74) is 0.0996. The Balaban J connectivity index is 1.99. The molecule has 90 valence electrons. The molecule has 1 aliphatic rings. The number of ether oxygens (including phenoxy) is 1. The number of hydrogen-bond donors (Lipinski definition) is 1. The van der Waals surface area contributed by atoms with Crippen LogP contribution in [0.25, 0.3) is 0 Å². The number of hydrogen-bond acceptors (Lipinski definition) is 4. The van der Waals surface area contributed by atoms with Crippen molar-refractivity contribution in [1.82, 2.24) is 15.1 Å². The van der Waals surface area contributed by atoms with Gasteiger partial charge in [0.15, 0.2) is 0 Å². The molecule has 1 N–H and O–H groups in total. The summed E-state index contributed by atoms with van der Waals surface area (Å²) >= 11 is 0. The van der Waals surface area contributed by atoms with Crippen LogP contribution < -0.4 is 5.32 Å². The van der Waals surface area contributed by atoms with E-state index in [1.165, 1.54) is 0 Å². The maximum Gasteiger partial charge on any atom is 0.0902 e. The molecule has 0 unspecified atom stereocenters. The van der Waals surface area contributed by atoms with Crippen LogP contribution in [0, 0.1) is 0 Å². The molecule has 15 heavy (non-hydrogen) atoms. The average Bonchev–Trinajstić information content (AvgIpc) is 2.12. The smallest absolute Gasteiger partial charge is 0.0902 e. The molecule has 0 radical (unpaired) electrons. The van der Waals surface area contributed by atoms with Crippen molar-refractivity contribution in [3.8, 4) is 0 Å². The molecule has 0 aromatic rings. The van der Waals surface area contributed by atoms with E-state index in [0.29, 0.717) is 0 Å². The summed E-state index contributed by atoms with van der Waals surface area (Å²) < 4.78 is 5.83. The summed E-state index contributed by atoms with van der Waals surface area (Å²) in [6.07, 6.45) is 0. The van der Waals surface area contributed by atoms with E-state index in [1.54, 1.807) is 0 Å². The van der Waals surface area contributed by atoms with E-state index in [4.69, 9.17) is 4.74 Å². The molecule has 4 heteroatoms. The Labute approximate surface area is 93.6 Å². The van der Waals surface area contributed by atoms with E-state index in [0.717, 1.165) is 39.3 Å². The van der Waals surface area contributed by atoms with Gasteiger partial charge in [0.25, 0.3) is 0 Å². The van der Waals surface area contributed by atoms with Gasteiger partial charge in [-0.1, -0.05) is 0 Å². The molecule has 1 saturated heterocycles. The Kier molecular flexibility index (Phi) is 4.99. The van der Waals surface area contributed by atoms with Crippen molar-refractivity contribution in [2.45, 2.75) is 12.5 Å². The highest BCUT2D eigenvalue weighted by Crippen LogP contribution is 2.14. The molecule has 1 heterocycles. The molecule has 0 spiro atoms. The zero-order valence-electron chi connectivity index (χ0n) is 10.5. The van der Waals surface area contributed by atoms with Gasteiger partial charge >= 0.3 is 0 Å². The lowest BCUT2D eigenvalue weighted by atomic mass is 10.0. The predicted octanol–water partition coefficient (Wildman–Crippen LogP) is -0.142. The van der Waals surface area contributed by atoms with E-state index >= 15 is 0 Å². The van der Waals surface area contributed by atoms with Crippen LogP contribution in [0.5, 0.6) is 0 Å². The van der Waals surface area contributed by atoms with Crippen molar-refractivity contribution >= 4 is 0 Å². The summed E-state index contributed by atoms with van der Waals surface area (Å²) in [7, 11) is 6.35. The van der Waals surface area contributed by atoms with Crippen LogP contribution in [0.3, 0.4) is 0 Å². The second kappa shape index (κ2) is 5.80. The van der Waals surface area contributed by atoms with Crippen LogP contribution >= 0.6 is 0 Å². The Morgan fingerprint density at radius 2 is 1.80 bits per heavy atom. The monoisotopic (exact) mass is 215 g/mol. The minimum atomic E-state index is 0.0996. The fourth-order valence-electron chi connectivity index (χ4n) is 1.51. The van der Waals surface area contributed by atoms with E-state index in [1.807, 2.05) is 0 Å². The predicted molar refractivity (Wildman–Crippen MR) is 63.3 cm³/mol. The van der Waals surface area contributed by atoms with Crippen molar-refractivity contribution in [3.05, 3.63) is 0 Å². The van der Waals surface area contributed by atoms with Gasteiger partial charge in [0.2, 0.25) is 0 Å². The van der Waals surface area contributed by atoms with Gasteiger partial charge < -0.3 is 19.9 Å². The van der Waals surface area contributed by atoms with E-state index in [2.05, 4.69) is 43.2 Å². The molecule has 0 aromatic carbocycles. The Hall–Kier alpha value is -0.160. The summed E-state index contributed by atoms with van der Waals surface area (Å²) in [5, 5.41) is 3.23. The second-order valence-corrected chi connectivity index (χ2v) is 5.01. The Morgan fingerprint density at radius 1 is 1.13 bits per heavy atom. The molecule has 0 bridgehead atoms. The normalized spacial score (nSPS) is 19.6. The molecule has 1 rings (SSSR count). The van der Waals surface area contributed by atoms with Gasteiger partial charge in [-0.05, 0) is 28.1 Å². The lowest BCUT2D eigenvalue weighted by Gasteiger charge is -2.39. The van der Waals surface area contributed by atoms with Crippen molar-refractivity contribution in [2.24, 2.45) is 0 Å². The molecule has 0 aromatic heterocycles. The van der Waals surface area contributed by atoms with Gasteiger partial charge in [-0.3, -0.25) is 0 Å². The fourth-order valence-corrected chi connectivity index (χ4v) is 1.51. The van der Waals surface area contributed by atoms with Gasteiger partial charge in [0, 0.05) is 32.7 Å². The molecule has 0 saturated carbocycles. The average molecular weight is 215 g/mol. The second-order valence-electron chi connectivity index (χ2n) is 5.01. The Morgan fingerprint density at radius 3 is 2.27 bits per heavy atom. The molecule has 0 atom stereocenters. The zero-order chi connectivity index (χ0) is 11.3. The maximum atomic E-state index is 5.83. The first kappa shape index (κ1) is 12.9. The molecule has 1 aliphatic heterocycles. The molecule has 1 fully saturated rings. The largest absolute Gasteiger partial charge is 0.371 e. The fraction of sp³-hybridized carbons (Fsp3) is 1.00. The first-order valence-corrected chi connectivity index (χ1v) is 5.70. The highest BCUT2D eigenvalue weighted by atomic mass is 16.5. The van der Waals surface area contributed by atoms with Crippen molar-refractivity contribution in [3.63, 3.8) is 0 Å². The van der Waals surface area contributed by atoms with Gasteiger partial charge in [-0.25, -0.2) is 0 Å². The number of nitrogens with zero attached hydrogens (tertiary/aromatic N) is 2.